The Morgan fingerprint density at radius 3 is 3.00 bits per heavy atom. The fourth-order valence-electron chi connectivity index (χ4n) is 2.43. The lowest BCUT2D eigenvalue weighted by Crippen LogP contribution is -2.47. The minimum Gasteiger partial charge on any atom is -0.495 e. The molecular formula is C14H18ClFN2O3. The fraction of sp³-hybridized carbons (Fsp3) is 0.500. The van der Waals surface area contributed by atoms with Gasteiger partial charge in [-0.2, -0.15) is 0 Å². The van der Waals surface area contributed by atoms with Crippen LogP contribution in [0.2, 0.25) is 5.02 Å². The lowest BCUT2D eigenvalue weighted by atomic mass is 10.0. The van der Waals surface area contributed by atoms with E-state index < -0.39 is 11.8 Å². The monoisotopic (exact) mass is 316 g/mol. The van der Waals surface area contributed by atoms with E-state index in [0.29, 0.717) is 6.54 Å². The number of urea groups is 1. The van der Waals surface area contributed by atoms with Crippen molar-refractivity contribution in [1.82, 2.24) is 4.90 Å². The number of amides is 2. The van der Waals surface area contributed by atoms with E-state index in [-0.39, 0.29) is 29.1 Å². The number of methoxy groups -OCH3 is 1. The van der Waals surface area contributed by atoms with Crippen molar-refractivity contribution in [2.75, 3.05) is 25.6 Å². The lowest BCUT2D eigenvalue weighted by molar-refractivity contribution is 0.115. The lowest BCUT2D eigenvalue weighted by Gasteiger charge is -2.34. The third-order valence-corrected chi connectivity index (χ3v) is 3.88. The van der Waals surface area contributed by atoms with Crippen molar-refractivity contribution in [2.24, 2.45) is 0 Å². The number of benzene rings is 1. The Bertz CT molecular complexity index is 527. The summed E-state index contributed by atoms with van der Waals surface area (Å²) in [6.07, 6.45) is 2.59. The quantitative estimate of drug-likeness (QED) is 0.901. The Morgan fingerprint density at radius 1 is 1.57 bits per heavy atom. The number of anilines is 1. The maximum absolute atomic E-state index is 13.9. The number of hydrogen-bond acceptors (Lipinski definition) is 3. The molecule has 21 heavy (non-hydrogen) atoms. The zero-order chi connectivity index (χ0) is 15.4. The van der Waals surface area contributed by atoms with Crippen LogP contribution in [0.25, 0.3) is 0 Å². The van der Waals surface area contributed by atoms with Crippen LogP contribution in [-0.2, 0) is 0 Å². The first kappa shape index (κ1) is 15.9. The Balaban J connectivity index is 2.15. The number of piperidine rings is 1. The van der Waals surface area contributed by atoms with Crippen LogP contribution in [0, 0.1) is 5.82 Å². The van der Waals surface area contributed by atoms with Gasteiger partial charge in [0.2, 0.25) is 0 Å². The Labute approximate surface area is 127 Å². The summed E-state index contributed by atoms with van der Waals surface area (Å²) in [6, 6.07) is 1.77. The molecule has 5 nitrogen and oxygen atoms in total. The largest absolute Gasteiger partial charge is 0.495 e. The van der Waals surface area contributed by atoms with Gasteiger partial charge < -0.3 is 20.1 Å². The second-order valence-electron chi connectivity index (χ2n) is 4.92. The molecule has 2 N–H and O–H groups in total. The number of nitrogens with one attached hydrogen (secondary N) is 1. The topological polar surface area (TPSA) is 61.8 Å². The number of hydrogen-bond donors (Lipinski definition) is 2. The second kappa shape index (κ2) is 6.95. The Morgan fingerprint density at radius 2 is 2.33 bits per heavy atom. The highest BCUT2D eigenvalue weighted by atomic mass is 35.5. The number of halogens is 2. The van der Waals surface area contributed by atoms with Crippen LogP contribution in [-0.4, -0.2) is 42.3 Å². The van der Waals surface area contributed by atoms with Crippen LogP contribution >= 0.6 is 11.6 Å². The van der Waals surface area contributed by atoms with Crippen LogP contribution < -0.4 is 10.1 Å². The first-order chi connectivity index (χ1) is 10.1. The number of rotatable bonds is 3. The molecule has 2 rings (SSSR count). The van der Waals surface area contributed by atoms with Gasteiger partial charge in [0.15, 0.2) is 0 Å². The number of carbonyl (C=O) groups excluding carboxylic acids is 1. The van der Waals surface area contributed by atoms with E-state index >= 15 is 0 Å². The summed E-state index contributed by atoms with van der Waals surface area (Å²) in [5.74, 6) is -0.350. The number of likely N-dealkylation sites (tertiary alicyclic amines) is 1. The summed E-state index contributed by atoms with van der Waals surface area (Å²) in [5.41, 5.74) is 0.00325. The second-order valence-corrected chi connectivity index (χ2v) is 5.33. The number of aliphatic hydroxyl groups excluding tert-OH is 1. The molecule has 1 fully saturated rings. The molecule has 116 valence electrons. The van der Waals surface area contributed by atoms with Gasteiger partial charge in [0.25, 0.3) is 0 Å². The molecule has 1 atom stereocenters. The molecule has 0 saturated carbocycles. The number of aliphatic hydroxyl groups is 1. The fourth-order valence-corrected chi connectivity index (χ4v) is 2.65. The van der Waals surface area contributed by atoms with Gasteiger partial charge in [-0.1, -0.05) is 11.6 Å². The van der Waals surface area contributed by atoms with Gasteiger partial charge in [0.1, 0.15) is 11.6 Å². The smallest absolute Gasteiger partial charge is 0.322 e. The zero-order valence-electron chi connectivity index (χ0n) is 11.7. The van der Waals surface area contributed by atoms with Crippen LogP contribution in [0.4, 0.5) is 14.9 Å². The maximum atomic E-state index is 13.9. The molecule has 1 aromatic rings. The van der Waals surface area contributed by atoms with E-state index in [1.54, 1.807) is 0 Å². The first-order valence-corrected chi connectivity index (χ1v) is 7.16. The number of ether oxygens (including phenoxy) is 1. The van der Waals surface area contributed by atoms with E-state index in [1.165, 1.54) is 18.1 Å². The van der Waals surface area contributed by atoms with Gasteiger partial charge in [-0.05, 0) is 25.3 Å². The van der Waals surface area contributed by atoms with E-state index in [4.69, 9.17) is 16.3 Å². The van der Waals surface area contributed by atoms with Gasteiger partial charge >= 0.3 is 6.03 Å². The van der Waals surface area contributed by atoms with Crippen LogP contribution in [0.5, 0.6) is 5.75 Å². The maximum Gasteiger partial charge on any atom is 0.322 e. The first-order valence-electron chi connectivity index (χ1n) is 6.78. The molecule has 1 saturated heterocycles. The van der Waals surface area contributed by atoms with E-state index in [1.807, 2.05) is 0 Å². The van der Waals surface area contributed by atoms with E-state index in [0.717, 1.165) is 25.3 Å². The minimum atomic E-state index is -0.633. The number of nitrogens with zero attached hydrogens (tertiary/aromatic N) is 1. The molecule has 2 amide bonds. The van der Waals surface area contributed by atoms with Crippen LogP contribution in [0.15, 0.2) is 12.1 Å². The van der Waals surface area contributed by atoms with Crippen molar-refractivity contribution in [2.45, 2.75) is 25.3 Å². The summed E-state index contributed by atoms with van der Waals surface area (Å²) >= 11 is 5.81. The summed E-state index contributed by atoms with van der Waals surface area (Å²) < 4.78 is 18.9. The standard InChI is InChI=1S/C14H18ClFN2O3/c1-21-13-7-12(11(16)6-10(13)15)17-14(20)18-5-3-2-4-9(18)8-19/h6-7,9,19H,2-5,8H2,1H3,(H,17,20). The highest BCUT2D eigenvalue weighted by Gasteiger charge is 2.26. The normalized spacial score (nSPS) is 18.5. The van der Waals surface area contributed by atoms with Crippen LogP contribution in [0.1, 0.15) is 19.3 Å². The molecule has 0 bridgehead atoms. The van der Waals surface area contributed by atoms with Crippen molar-refractivity contribution in [3.8, 4) is 5.75 Å². The summed E-state index contributed by atoms with van der Waals surface area (Å²) in [4.78, 5) is 13.8. The van der Waals surface area contributed by atoms with Crippen molar-refractivity contribution in [1.29, 1.82) is 0 Å². The molecule has 1 heterocycles. The molecule has 1 aromatic carbocycles. The predicted octanol–water partition coefficient (Wildman–Crippen LogP) is 2.87. The van der Waals surface area contributed by atoms with E-state index in [9.17, 15) is 14.3 Å². The SMILES string of the molecule is COc1cc(NC(=O)N2CCCCC2CO)c(F)cc1Cl. The van der Waals surface area contributed by atoms with Gasteiger partial charge in [0, 0.05) is 12.6 Å². The number of carbonyl (C=O) groups is 1. The Hall–Kier alpha value is -1.53. The highest BCUT2D eigenvalue weighted by molar-refractivity contribution is 6.32. The van der Waals surface area contributed by atoms with Gasteiger partial charge in [-0.15, -0.1) is 0 Å². The average molecular weight is 317 g/mol. The molecule has 1 unspecified atom stereocenters. The molecule has 7 heteroatoms. The minimum absolute atomic E-state index is 0.00325. The predicted molar refractivity (Wildman–Crippen MR) is 78.4 cm³/mol. The summed E-state index contributed by atoms with van der Waals surface area (Å²) in [6.45, 7) is 0.448. The third-order valence-electron chi connectivity index (χ3n) is 3.58. The van der Waals surface area contributed by atoms with Gasteiger partial charge in [0.05, 0.1) is 30.5 Å². The van der Waals surface area contributed by atoms with Gasteiger partial charge in [-0.25, -0.2) is 9.18 Å². The summed E-state index contributed by atoms with van der Waals surface area (Å²) in [5, 5.41) is 12.0. The summed E-state index contributed by atoms with van der Waals surface area (Å²) in [7, 11) is 1.41. The van der Waals surface area contributed by atoms with Crippen molar-refractivity contribution >= 4 is 23.3 Å². The molecule has 0 spiro atoms. The molecule has 1 aliphatic heterocycles. The Kier molecular flexibility index (Phi) is 5.25. The molecule has 1 aliphatic rings. The van der Waals surface area contributed by atoms with Gasteiger partial charge in [-0.3, -0.25) is 0 Å². The van der Waals surface area contributed by atoms with Crippen molar-refractivity contribution < 1.29 is 19.0 Å². The highest BCUT2D eigenvalue weighted by Crippen LogP contribution is 2.30. The third kappa shape index (κ3) is 3.57. The zero-order valence-corrected chi connectivity index (χ0v) is 12.5. The average Bonchev–Trinajstić information content (AvgIpc) is 2.49. The van der Waals surface area contributed by atoms with Crippen molar-refractivity contribution in [3.63, 3.8) is 0 Å². The molecule has 0 aromatic heterocycles. The van der Waals surface area contributed by atoms with Crippen LogP contribution in [0.3, 0.4) is 0 Å². The molecular weight excluding hydrogens is 299 g/mol. The van der Waals surface area contributed by atoms with E-state index in [2.05, 4.69) is 5.32 Å². The van der Waals surface area contributed by atoms with Crippen molar-refractivity contribution in [3.05, 3.63) is 23.0 Å². The molecule has 0 radical (unpaired) electrons. The molecule has 0 aliphatic carbocycles.